The van der Waals surface area contributed by atoms with Crippen LogP contribution in [0.3, 0.4) is 0 Å². The Kier molecular flexibility index (Phi) is 3.31. The number of aryl methyl sites for hydroxylation is 1. The summed E-state index contributed by atoms with van der Waals surface area (Å²) in [5.74, 6) is 0.134. The molecule has 0 saturated carbocycles. The van der Waals surface area contributed by atoms with Gasteiger partial charge in [0.15, 0.2) is 0 Å². The second-order valence-corrected chi connectivity index (χ2v) is 4.51. The summed E-state index contributed by atoms with van der Waals surface area (Å²) in [6.07, 6.45) is 1.91. The molecule has 6 heteroatoms. The minimum atomic E-state index is -0.730. The Morgan fingerprint density at radius 2 is 2.35 bits per heavy atom. The standard InChI is InChI=1S/C11H17N3O3/c1-3-4-8-5-14(6-9(8)10(15)16)11-12-7(2)17-13-11/h8-9H,3-6H2,1-2H3,(H,15,16)/t8-,9-/m1/s1. The molecule has 0 unspecified atom stereocenters. The first-order valence-electron chi connectivity index (χ1n) is 5.90. The Morgan fingerprint density at radius 1 is 1.59 bits per heavy atom. The molecule has 0 amide bonds. The fraction of sp³-hybridized carbons (Fsp3) is 0.727. The molecule has 17 heavy (non-hydrogen) atoms. The average Bonchev–Trinajstić information content (AvgIpc) is 2.85. The number of carbonyl (C=O) groups is 1. The van der Waals surface area contributed by atoms with Crippen molar-refractivity contribution in [1.82, 2.24) is 10.1 Å². The van der Waals surface area contributed by atoms with E-state index in [0.717, 1.165) is 12.8 Å². The maximum Gasteiger partial charge on any atom is 0.308 e. The highest BCUT2D eigenvalue weighted by molar-refractivity contribution is 5.72. The van der Waals surface area contributed by atoms with E-state index in [1.165, 1.54) is 0 Å². The van der Waals surface area contributed by atoms with Crippen molar-refractivity contribution < 1.29 is 14.4 Å². The van der Waals surface area contributed by atoms with Crippen LogP contribution in [0.5, 0.6) is 0 Å². The smallest absolute Gasteiger partial charge is 0.308 e. The lowest BCUT2D eigenvalue weighted by atomic mass is 9.92. The van der Waals surface area contributed by atoms with Gasteiger partial charge < -0.3 is 14.5 Å². The van der Waals surface area contributed by atoms with Gasteiger partial charge in [-0.2, -0.15) is 4.98 Å². The average molecular weight is 239 g/mol. The summed E-state index contributed by atoms with van der Waals surface area (Å²) < 4.78 is 4.92. The van der Waals surface area contributed by atoms with Crippen molar-refractivity contribution >= 4 is 11.9 Å². The normalized spacial score (nSPS) is 24.2. The van der Waals surface area contributed by atoms with Crippen molar-refractivity contribution in [2.75, 3.05) is 18.0 Å². The van der Waals surface area contributed by atoms with Gasteiger partial charge in [-0.25, -0.2) is 0 Å². The van der Waals surface area contributed by atoms with Gasteiger partial charge in [-0.05, 0) is 17.5 Å². The highest BCUT2D eigenvalue weighted by Gasteiger charge is 2.38. The second kappa shape index (κ2) is 4.73. The first-order valence-corrected chi connectivity index (χ1v) is 5.90. The highest BCUT2D eigenvalue weighted by atomic mass is 16.5. The molecule has 1 aromatic rings. The van der Waals surface area contributed by atoms with Crippen LogP contribution in [0, 0.1) is 18.8 Å². The van der Waals surface area contributed by atoms with Gasteiger partial charge in [0.05, 0.1) is 5.92 Å². The molecule has 2 atom stereocenters. The summed E-state index contributed by atoms with van der Waals surface area (Å²) >= 11 is 0. The predicted octanol–water partition coefficient (Wildman–Crippen LogP) is 1.32. The Bertz CT molecular complexity index is 404. The first-order chi connectivity index (χ1) is 8.11. The highest BCUT2D eigenvalue weighted by Crippen LogP contribution is 2.29. The minimum absolute atomic E-state index is 0.177. The molecule has 0 spiro atoms. The van der Waals surface area contributed by atoms with Crippen LogP contribution in [0.25, 0.3) is 0 Å². The predicted molar refractivity (Wildman–Crippen MR) is 60.8 cm³/mol. The van der Waals surface area contributed by atoms with Crippen molar-refractivity contribution in [3.8, 4) is 0 Å². The SMILES string of the molecule is CCC[C@@H]1CN(c2noc(C)n2)C[C@H]1C(=O)O. The molecule has 0 bridgehead atoms. The van der Waals surface area contributed by atoms with Crippen LogP contribution in [0.15, 0.2) is 4.52 Å². The van der Waals surface area contributed by atoms with E-state index in [1.807, 2.05) is 4.90 Å². The Balaban J connectivity index is 2.11. The van der Waals surface area contributed by atoms with E-state index < -0.39 is 5.97 Å². The van der Waals surface area contributed by atoms with Crippen LogP contribution < -0.4 is 4.90 Å². The summed E-state index contributed by atoms with van der Waals surface area (Å²) in [4.78, 5) is 17.2. The molecule has 1 N–H and O–H groups in total. The van der Waals surface area contributed by atoms with E-state index in [0.29, 0.717) is 24.9 Å². The molecular weight excluding hydrogens is 222 g/mol. The summed E-state index contributed by atoms with van der Waals surface area (Å²) in [6.45, 7) is 4.97. The molecule has 6 nitrogen and oxygen atoms in total. The van der Waals surface area contributed by atoms with E-state index in [9.17, 15) is 9.90 Å². The third kappa shape index (κ3) is 2.40. The lowest BCUT2D eigenvalue weighted by molar-refractivity contribution is -0.142. The molecule has 0 radical (unpaired) electrons. The molecule has 1 aliphatic rings. The first kappa shape index (κ1) is 11.9. The number of nitrogens with zero attached hydrogens (tertiary/aromatic N) is 3. The van der Waals surface area contributed by atoms with Crippen molar-refractivity contribution in [1.29, 1.82) is 0 Å². The van der Waals surface area contributed by atoms with Crippen molar-refractivity contribution in [3.05, 3.63) is 5.89 Å². The van der Waals surface area contributed by atoms with Gasteiger partial charge in [0.2, 0.25) is 5.89 Å². The molecule has 2 heterocycles. The number of anilines is 1. The Morgan fingerprint density at radius 3 is 2.88 bits per heavy atom. The van der Waals surface area contributed by atoms with E-state index in [1.54, 1.807) is 6.92 Å². The fourth-order valence-electron chi connectivity index (χ4n) is 2.39. The van der Waals surface area contributed by atoms with Crippen LogP contribution in [0.4, 0.5) is 5.95 Å². The number of aliphatic carboxylic acids is 1. The zero-order chi connectivity index (χ0) is 12.4. The van der Waals surface area contributed by atoms with E-state index >= 15 is 0 Å². The lowest BCUT2D eigenvalue weighted by Gasteiger charge is -2.12. The second-order valence-electron chi connectivity index (χ2n) is 4.51. The van der Waals surface area contributed by atoms with Crippen molar-refractivity contribution in [2.24, 2.45) is 11.8 Å². The van der Waals surface area contributed by atoms with Gasteiger partial charge in [-0.3, -0.25) is 4.79 Å². The van der Waals surface area contributed by atoms with Gasteiger partial charge in [0.1, 0.15) is 0 Å². The Hall–Kier alpha value is -1.59. The minimum Gasteiger partial charge on any atom is -0.481 e. The van der Waals surface area contributed by atoms with Crippen LogP contribution in [-0.4, -0.2) is 34.3 Å². The topological polar surface area (TPSA) is 79.5 Å². The third-order valence-corrected chi connectivity index (χ3v) is 3.22. The fourth-order valence-corrected chi connectivity index (χ4v) is 2.39. The summed E-state index contributed by atoms with van der Waals surface area (Å²) in [5.41, 5.74) is 0. The number of rotatable bonds is 4. The number of carboxylic acid groups (broad SMARTS) is 1. The van der Waals surface area contributed by atoms with E-state index in [4.69, 9.17) is 4.52 Å². The molecule has 1 fully saturated rings. The maximum atomic E-state index is 11.2. The summed E-state index contributed by atoms with van der Waals surface area (Å²) in [5, 5.41) is 13.0. The molecule has 0 aromatic carbocycles. The molecule has 0 aliphatic carbocycles. The molecular formula is C11H17N3O3. The van der Waals surface area contributed by atoms with E-state index in [-0.39, 0.29) is 11.8 Å². The summed E-state index contributed by atoms with van der Waals surface area (Å²) in [7, 11) is 0. The zero-order valence-electron chi connectivity index (χ0n) is 10.1. The van der Waals surface area contributed by atoms with Gasteiger partial charge in [0.25, 0.3) is 5.95 Å². The zero-order valence-corrected chi connectivity index (χ0v) is 10.1. The molecule has 1 saturated heterocycles. The largest absolute Gasteiger partial charge is 0.481 e. The number of carboxylic acids is 1. The van der Waals surface area contributed by atoms with Crippen LogP contribution in [0.2, 0.25) is 0 Å². The molecule has 2 rings (SSSR count). The van der Waals surface area contributed by atoms with Gasteiger partial charge >= 0.3 is 5.97 Å². The number of hydrogen-bond acceptors (Lipinski definition) is 5. The molecule has 94 valence electrons. The third-order valence-electron chi connectivity index (χ3n) is 3.22. The number of aromatic nitrogens is 2. The van der Waals surface area contributed by atoms with Crippen molar-refractivity contribution in [2.45, 2.75) is 26.7 Å². The number of hydrogen-bond donors (Lipinski definition) is 1. The van der Waals surface area contributed by atoms with Gasteiger partial charge in [-0.15, -0.1) is 0 Å². The summed E-state index contributed by atoms with van der Waals surface area (Å²) in [6, 6.07) is 0. The quantitative estimate of drug-likeness (QED) is 0.853. The molecule has 1 aromatic heterocycles. The van der Waals surface area contributed by atoms with Gasteiger partial charge in [0, 0.05) is 20.0 Å². The molecule has 1 aliphatic heterocycles. The Labute approximate surface area is 99.6 Å². The van der Waals surface area contributed by atoms with Crippen molar-refractivity contribution in [3.63, 3.8) is 0 Å². The monoisotopic (exact) mass is 239 g/mol. The maximum absolute atomic E-state index is 11.2. The van der Waals surface area contributed by atoms with Crippen LogP contribution >= 0.6 is 0 Å². The van der Waals surface area contributed by atoms with E-state index in [2.05, 4.69) is 17.1 Å². The van der Waals surface area contributed by atoms with Crippen LogP contribution in [0.1, 0.15) is 25.7 Å². The van der Waals surface area contributed by atoms with Crippen LogP contribution in [-0.2, 0) is 4.79 Å². The lowest BCUT2D eigenvalue weighted by Crippen LogP contribution is -2.24. The van der Waals surface area contributed by atoms with Gasteiger partial charge in [-0.1, -0.05) is 13.3 Å².